The summed E-state index contributed by atoms with van der Waals surface area (Å²) in [6, 6.07) is 30.1. The lowest BCUT2D eigenvalue weighted by molar-refractivity contribution is -0.138. The molecular weight excluding hydrogens is 621 g/mol. The normalized spacial score (nSPS) is 14.8. The van der Waals surface area contributed by atoms with Gasteiger partial charge in [0.1, 0.15) is 5.82 Å². The van der Waals surface area contributed by atoms with Gasteiger partial charge in [-0.15, -0.1) is 0 Å². The highest BCUT2D eigenvalue weighted by Gasteiger charge is 2.35. The number of carbonyl (C=O) groups is 1. The first kappa shape index (κ1) is 29.6. The summed E-state index contributed by atoms with van der Waals surface area (Å²) in [6.45, 7) is 2.47. The number of thiazole rings is 1. The largest absolute Gasteiger partial charge is 0.463 e. The Labute approximate surface area is 272 Å². The van der Waals surface area contributed by atoms with E-state index in [0.717, 1.165) is 22.0 Å². The first-order valence-electron chi connectivity index (χ1n) is 14.8. The summed E-state index contributed by atoms with van der Waals surface area (Å²) in [4.78, 5) is 33.3. The Hall–Kier alpha value is -5.05. The number of carbonyl (C=O) groups excluding carboxylic acids is 1. The summed E-state index contributed by atoms with van der Waals surface area (Å²) in [6.07, 6.45) is 3.90. The second-order valence-electron chi connectivity index (χ2n) is 10.8. The van der Waals surface area contributed by atoms with Crippen molar-refractivity contribution < 1.29 is 13.9 Å². The number of para-hydroxylation sites is 1. The maximum Gasteiger partial charge on any atom is 0.338 e. The van der Waals surface area contributed by atoms with Crippen molar-refractivity contribution in [3.8, 4) is 0 Å². The average Bonchev–Trinajstić information content (AvgIpc) is 3.57. The summed E-state index contributed by atoms with van der Waals surface area (Å²) in [5.41, 5.74) is 4.54. The zero-order valence-corrected chi connectivity index (χ0v) is 26.3. The molecule has 1 aliphatic rings. The van der Waals surface area contributed by atoms with Crippen molar-refractivity contribution >= 4 is 51.6 Å². The zero-order valence-electron chi connectivity index (χ0n) is 24.7. The van der Waals surface area contributed by atoms with Gasteiger partial charge in [-0.25, -0.2) is 14.2 Å². The van der Waals surface area contributed by atoms with E-state index in [2.05, 4.69) is 4.57 Å². The molecule has 0 radical (unpaired) electrons. The molecule has 0 N–H and O–H groups in total. The Balaban J connectivity index is 1.45. The molecule has 7 rings (SSSR count). The average molecular weight is 648 g/mol. The van der Waals surface area contributed by atoms with Crippen LogP contribution in [0.3, 0.4) is 0 Å². The molecular formula is C37H27ClFN3O3S. The molecule has 1 aliphatic heterocycles. The molecule has 6 nitrogen and oxygen atoms in total. The quantitative estimate of drug-likeness (QED) is 0.181. The molecule has 0 saturated carbocycles. The lowest BCUT2D eigenvalue weighted by atomic mass is 9.93. The third kappa shape index (κ3) is 5.50. The second kappa shape index (κ2) is 12.4. The number of nitrogens with zero attached hydrogens (tertiary/aromatic N) is 3. The van der Waals surface area contributed by atoms with Gasteiger partial charge in [0.2, 0.25) is 0 Å². The summed E-state index contributed by atoms with van der Waals surface area (Å²) in [5, 5.41) is 1.66. The fourth-order valence-corrected chi connectivity index (χ4v) is 7.10. The Kier molecular flexibility index (Phi) is 7.98. The van der Waals surface area contributed by atoms with E-state index in [1.807, 2.05) is 91.1 Å². The highest BCUT2D eigenvalue weighted by Crippen LogP contribution is 2.35. The summed E-state index contributed by atoms with van der Waals surface area (Å²) >= 11 is 7.51. The van der Waals surface area contributed by atoms with Crippen molar-refractivity contribution in [3.05, 3.63) is 168 Å². The van der Waals surface area contributed by atoms with Crippen LogP contribution in [0.1, 0.15) is 35.2 Å². The van der Waals surface area contributed by atoms with Crippen LogP contribution in [0.25, 0.3) is 22.7 Å². The van der Waals surface area contributed by atoms with Gasteiger partial charge in [0.25, 0.3) is 5.56 Å². The molecule has 0 unspecified atom stereocenters. The number of halogens is 2. The van der Waals surface area contributed by atoms with E-state index in [9.17, 15) is 14.0 Å². The highest BCUT2D eigenvalue weighted by molar-refractivity contribution is 7.07. The van der Waals surface area contributed by atoms with Crippen molar-refractivity contribution in [2.45, 2.75) is 19.5 Å². The Morgan fingerprint density at radius 2 is 1.76 bits per heavy atom. The lowest BCUT2D eigenvalue weighted by Crippen LogP contribution is -2.40. The molecule has 0 amide bonds. The molecule has 0 saturated heterocycles. The van der Waals surface area contributed by atoms with Crippen LogP contribution in [0.15, 0.2) is 125 Å². The smallest absolute Gasteiger partial charge is 0.338 e. The van der Waals surface area contributed by atoms with E-state index < -0.39 is 17.8 Å². The maximum atomic E-state index is 14.3. The third-order valence-electron chi connectivity index (χ3n) is 7.91. The van der Waals surface area contributed by atoms with Crippen molar-refractivity contribution in [1.82, 2.24) is 9.13 Å². The van der Waals surface area contributed by atoms with Gasteiger partial charge in [0, 0.05) is 39.8 Å². The van der Waals surface area contributed by atoms with Gasteiger partial charge in [-0.3, -0.25) is 9.36 Å². The Bertz CT molecular complexity index is 2320. The van der Waals surface area contributed by atoms with Crippen LogP contribution in [0.5, 0.6) is 0 Å². The van der Waals surface area contributed by atoms with Crippen LogP contribution >= 0.6 is 22.9 Å². The maximum absolute atomic E-state index is 14.3. The number of ether oxygens (including phenoxy) is 1. The van der Waals surface area contributed by atoms with E-state index in [0.29, 0.717) is 37.7 Å². The molecule has 6 aromatic rings. The fourth-order valence-electron chi connectivity index (χ4n) is 5.90. The molecule has 0 fully saturated rings. The number of fused-ring (bicyclic) bond motifs is 2. The van der Waals surface area contributed by atoms with Gasteiger partial charge in [0.05, 0.1) is 28.5 Å². The molecule has 9 heteroatoms. The van der Waals surface area contributed by atoms with Crippen LogP contribution in [-0.4, -0.2) is 21.7 Å². The lowest BCUT2D eigenvalue weighted by Gasteiger charge is -2.25. The minimum Gasteiger partial charge on any atom is -0.463 e. The third-order valence-corrected chi connectivity index (χ3v) is 9.13. The molecule has 0 bridgehead atoms. The van der Waals surface area contributed by atoms with Crippen molar-refractivity contribution in [2.24, 2.45) is 4.99 Å². The SMILES string of the molecule is CCOC(=O)C1=C(c2ccccc2)N=c2s/c(=C\c3cn(Cc4cccc(Cl)c4)c4ccccc34)c(=O)n2[C@H]1c1ccc(F)cc1. The molecule has 46 heavy (non-hydrogen) atoms. The fraction of sp³-hybridized carbons (Fsp3) is 0.108. The number of hydrogen-bond acceptors (Lipinski definition) is 5. The monoisotopic (exact) mass is 647 g/mol. The van der Waals surface area contributed by atoms with E-state index >= 15 is 0 Å². The van der Waals surface area contributed by atoms with E-state index in [4.69, 9.17) is 21.3 Å². The number of esters is 1. The molecule has 0 aliphatic carbocycles. The summed E-state index contributed by atoms with van der Waals surface area (Å²) in [5.74, 6) is -1.01. The van der Waals surface area contributed by atoms with Crippen molar-refractivity contribution in [2.75, 3.05) is 6.61 Å². The highest BCUT2D eigenvalue weighted by atomic mass is 35.5. The van der Waals surface area contributed by atoms with Crippen molar-refractivity contribution in [1.29, 1.82) is 0 Å². The van der Waals surface area contributed by atoms with E-state index in [1.54, 1.807) is 19.1 Å². The Morgan fingerprint density at radius 1 is 1.00 bits per heavy atom. The van der Waals surface area contributed by atoms with Gasteiger partial charge in [-0.05, 0) is 54.5 Å². The van der Waals surface area contributed by atoms with Gasteiger partial charge >= 0.3 is 5.97 Å². The van der Waals surface area contributed by atoms with Crippen LogP contribution in [0.2, 0.25) is 5.02 Å². The first-order valence-corrected chi connectivity index (χ1v) is 16.0. The zero-order chi connectivity index (χ0) is 31.8. The van der Waals surface area contributed by atoms with Crippen LogP contribution < -0.4 is 14.9 Å². The minimum absolute atomic E-state index is 0.143. The number of benzene rings is 4. The summed E-state index contributed by atoms with van der Waals surface area (Å²) in [7, 11) is 0. The van der Waals surface area contributed by atoms with E-state index in [-0.39, 0.29) is 17.7 Å². The number of rotatable bonds is 7. The molecule has 1 atom stereocenters. The first-order chi connectivity index (χ1) is 22.4. The minimum atomic E-state index is -0.877. The van der Waals surface area contributed by atoms with Gasteiger partial charge in [0.15, 0.2) is 4.80 Å². The van der Waals surface area contributed by atoms with Gasteiger partial charge < -0.3 is 9.30 Å². The molecule has 3 heterocycles. The van der Waals surface area contributed by atoms with Crippen LogP contribution in [-0.2, 0) is 16.1 Å². The van der Waals surface area contributed by atoms with Crippen molar-refractivity contribution in [3.63, 3.8) is 0 Å². The van der Waals surface area contributed by atoms with Gasteiger partial charge in [-0.2, -0.15) is 0 Å². The van der Waals surface area contributed by atoms with Crippen LogP contribution in [0.4, 0.5) is 4.39 Å². The molecule has 2 aromatic heterocycles. The van der Waals surface area contributed by atoms with E-state index in [1.165, 1.54) is 28.0 Å². The molecule has 4 aromatic carbocycles. The number of hydrogen-bond donors (Lipinski definition) is 0. The Morgan fingerprint density at radius 3 is 2.52 bits per heavy atom. The standard InChI is InChI=1S/C37H27ClFN3O3S/c1-2-45-36(44)32-33(24-10-4-3-5-11-24)40-37-42(34(32)25-15-17-28(39)18-16-25)35(43)31(46-37)20-26-22-41(30-14-7-6-13-29(26)30)21-23-9-8-12-27(38)19-23/h3-20,22,34H,2,21H2,1H3/b31-20-/t34-/m0/s1. The summed E-state index contributed by atoms with van der Waals surface area (Å²) < 4.78 is 23.7. The van der Waals surface area contributed by atoms with Crippen LogP contribution in [0, 0.1) is 5.82 Å². The molecule has 228 valence electrons. The van der Waals surface area contributed by atoms with Gasteiger partial charge in [-0.1, -0.05) is 95.7 Å². The molecule has 0 spiro atoms. The topological polar surface area (TPSA) is 65.6 Å². The predicted molar refractivity (Wildman–Crippen MR) is 180 cm³/mol. The predicted octanol–water partition coefficient (Wildman–Crippen LogP) is 6.73. The second-order valence-corrected chi connectivity index (χ2v) is 12.3. The number of aromatic nitrogens is 2.